The van der Waals surface area contributed by atoms with E-state index >= 15 is 0 Å². The molecule has 2 aromatic carbocycles. The highest BCUT2D eigenvalue weighted by atomic mass is 35.5. The number of sulfonamides is 1. The first-order valence-electron chi connectivity index (χ1n) is 8.13. The lowest BCUT2D eigenvalue weighted by molar-refractivity contribution is -0.137. The van der Waals surface area contributed by atoms with Gasteiger partial charge in [0.2, 0.25) is 0 Å². The monoisotopic (exact) mass is 395 g/mol. The number of carboxylic acids is 1. The van der Waals surface area contributed by atoms with Crippen LogP contribution < -0.4 is 4.72 Å². The molecule has 0 aromatic heterocycles. The molecule has 0 heterocycles. The van der Waals surface area contributed by atoms with Crippen LogP contribution in [0.2, 0.25) is 5.02 Å². The number of carbonyl (C=O) groups is 1. The summed E-state index contributed by atoms with van der Waals surface area (Å²) in [7, 11) is -3.84. The van der Waals surface area contributed by atoms with Gasteiger partial charge in [0.05, 0.1) is 17.0 Å². The van der Waals surface area contributed by atoms with Crippen molar-refractivity contribution in [1.29, 1.82) is 0 Å². The predicted molar refractivity (Wildman–Crippen MR) is 104 cm³/mol. The van der Waals surface area contributed by atoms with Crippen molar-refractivity contribution < 1.29 is 18.3 Å². The minimum absolute atomic E-state index is 0.0864. The number of benzene rings is 2. The number of hydrogen-bond acceptors (Lipinski definition) is 3. The fraction of sp³-hybridized carbons (Fsp3) is 0.316. The summed E-state index contributed by atoms with van der Waals surface area (Å²) < 4.78 is 28.5. The molecule has 0 saturated carbocycles. The van der Waals surface area contributed by atoms with Crippen LogP contribution >= 0.6 is 11.6 Å². The molecule has 0 fully saturated rings. The second-order valence-electron chi connectivity index (χ2n) is 6.56. The van der Waals surface area contributed by atoms with Crippen LogP contribution in [0.15, 0.2) is 35.2 Å². The number of carboxylic acid groups (broad SMARTS) is 1. The van der Waals surface area contributed by atoms with Crippen molar-refractivity contribution in [3.63, 3.8) is 0 Å². The van der Waals surface area contributed by atoms with E-state index in [-0.39, 0.29) is 17.2 Å². The molecule has 140 valence electrons. The van der Waals surface area contributed by atoms with Crippen LogP contribution in [0.4, 0.5) is 5.69 Å². The van der Waals surface area contributed by atoms with Crippen molar-refractivity contribution in [3.8, 4) is 0 Å². The maximum Gasteiger partial charge on any atom is 0.303 e. The maximum atomic E-state index is 12.9. The Balaban J connectivity index is 2.48. The molecule has 0 radical (unpaired) electrons. The highest BCUT2D eigenvalue weighted by Gasteiger charge is 2.22. The third-order valence-electron chi connectivity index (χ3n) is 4.21. The van der Waals surface area contributed by atoms with Crippen LogP contribution in [-0.2, 0) is 14.8 Å². The molecule has 0 bridgehead atoms. The Labute approximate surface area is 159 Å². The van der Waals surface area contributed by atoms with Crippen molar-refractivity contribution in [3.05, 3.63) is 57.6 Å². The number of aliphatic carboxylic acids is 1. The summed E-state index contributed by atoms with van der Waals surface area (Å²) in [4.78, 5) is 11.2. The fourth-order valence-electron chi connectivity index (χ4n) is 2.80. The average Bonchev–Trinajstić information content (AvgIpc) is 2.49. The van der Waals surface area contributed by atoms with Crippen molar-refractivity contribution in [1.82, 2.24) is 0 Å². The normalized spacial score (nSPS) is 12.7. The van der Waals surface area contributed by atoms with E-state index < -0.39 is 16.0 Å². The molecular formula is C19H22ClNO4S. The van der Waals surface area contributed by atoms with Crippen LogP contribution in [0.1, 0.15) is 41.5 Å². The zero-order chi connectivity index (χ0) is 19.6. The van der Waals surface area contributed by atoms with E-state index in [2.05, 4.69) is 4.72 Å². The molecule has 0 saturated heterocycles. The number of nitrogens with one attached hydrogen (secondary N) is 1. The van der Waals surface area contributed by atoms with Crippen LogP contribution in [0.5, 0.6) is 0 Å². The lowest BCUT2D eigenvalue weighted by Gasteiger charge is -2.18. The molecule has 0 aliphatic rings. The average molecular weight is 396 g/mol. The molecule has 0 amide bonds. The van der Waals surface area contributed by atoms with Crippen molar-refractivity contribution in [2.45, 2.75) is 44.9 Å². The van der Waals surface area contributed by atoms with E-state index in [0.717, 1.165) is 5.56 Å². The number of rotatable bonds is 6. The SMILES string of the molecule is Cc1ccc(C(C)CC(=O)O)c(NS(=O)(=O)c2cc(C)c(Cl)cc2C)c1. The molecule has 1 atom stereocenters. The molecule has 5 nitrogen and oxygen atoms in total. The highest BCUT2D eigenvalue weighted by molar-refractivity contribution is 7.92. The summed E-state index contributed by atoms with van der Waals surface area (Å²) in [6.45, 7) is 7.04. The molecule has 2 aromatic rings. The van der Waals surface area contributed by atoms with E-state index in [1.807, 2.05) is 13.0 Å². The summed E-state index contributed by atoms with van der Waals surface area (Å²) in [6, 6.07) is 8.47. The molecule has 0 aliphatic carbocycles. The Hall–Kier alpha value is -2.05. The van der Waals surface area contributed by atoms with E-state index in [1.54, 1.807) is 39.0 Å². The second-order valence-corrected chi connectivity index (χ2v) is 8.62. The minimum atomic E-state index is -3.84. The third-order valence-corrected chi connectivity index (χ3v) is 6.13. The van der Waals surface area contributed by atoms with Crippen LogP contribution in [0.3, 0.4) is 0 Å². The Bertz CT molecular complexity index is 954. The Morgan fingerprint density at radius 2 is 1.81 bits per heavy atom. The van der Waals surface area contributed by atoms with E-state index in [1.165, 1.54) is 6.07 Å². The van der Waals surface area contributed by atoms with Crippen molar-refractivity contribution in [2.24, 2.45) is 0 Å². The molecular weight excluding hydrogens is 374 g/mol. The fourth-order valence-corrected chi connectivity index (χ4v) is 4.41. The Morgan fingerprint density at radius 3 is 2.42 bits per heavy atom. The van der Waals surface area contributed by atoms with Gasteiger partial charge in [-0.25, -0.2) is 8.42 Å². The van der Waals surface area contributed by atoms with Crippen molar-refractivity contribution >= 4 is 33.3 Å². The highest BCUT2D eigenvalue weighted by Crippen LogP contribution is 2.31. The molecule has 2 N–H and O–H groups in total. The Kier molecular flexibility index (Phi) is 5.98. The zero-order valence-electron chi connectivity index (χ0n) is 15.1. The molecule has 7 heteroatoms. The molecule has 2 rings (SSSR count). The quantitative estimate of drug-likeness (QED) is 0.745. The predicted octanol–water partition coefficient (Wildman–Crippen LogP) is 4.64. The minimum Gasteiger partial charge on any atom is -0.481 e. The third kappa shape index (κ3) is 4.56. The first kappa shape index (κ1) is 20.3. The van der Waals surface area contributed by atoms with E-state index in [0.29, 0.717) is 27.4 Å². The van der Waals surface area contributed by atoms with E-state index in [9.17, 15) is 13.2 Å². The largest absolute Gasteiger partial charge is 0.481 e. The lowest BCUT2D eigenvalue weighted by Crippen LogP contribution is -2.17. The zero-order valence-corrected chi connectivity index (χ0v) is 16.7. The Morgan fingerprint density at radius 1 is 1.15 bits per heavy atom. The number of halogens is 1. The van der Waals surface area contributed by atoms with Gasteiger partial charge in [0.15, 0.2) is 0 Å². The van der Waals surface area contributed by atoms with Gasteiger partial charge in [0.25, 0.3) is 10.0 Å². The van der Waals surface area contributed by atoms with Gasteiger partial charge in [-0.3, -0.25) is 9.52 Å². The summed E-state index contributed by atoms with van der Waals surface area (Å²) in [5.41, 5.74) is 3.12. The summed E-state index contributed by atoms with van der Waals surface area (Å²) in [5.74, 6) is -1.27. The van der Waals surface area contributed by atoms with Crippen LogP contribution in [0, 0.1) is 20.8 Å². The van der Waals surface area contributed by atoms with Gasteiger partial charge >= 0.3 is 5.97 Å². The maximum absolute atomic E-state index is 12.9. The smallest absolute Gasteiger partial charge is 0.303 e. The molecule has 0 aliphatic heterocycles. The van der Waals surface area contributed by atoms with Gasteiger partial charge in [-0.15, -0.1) is 0 Å². The standard InChI is InChI=1S/C19H22ClNO4S/c1-11-5-6-15(12(2)10-19(22)23)17(7-11)21-26(24,25)18-9-13(3)16(20)8-14(18)4/h5-9,12,21H,10H2,1-4H3,(H,22,23). The number of aryl methyl sites for hydroxylation is 3. The first-order valence-corrected chi connectivity index (χ1v) is 9.99. The lowest BCUT2D eigenvalue weighted by atomic mass is 9.95. The first-order chi connectivity index (χ1) is 12.0. The van der Waals surface area contributed by atoms with E-state index in [4.69, 9.17) is 16.7 Å². The van der Waals surface area contributed by atoms with Crippen LogP contribution in [0.25, 0.3) is 0 Å². The number of hydrogen-bond donors (Lipinski definition) is 2. The van der Waals surface area contributed by atoms with Crippen molar-refractivity contribution in [2.75, 3.05) is 4.72 Å². The van der Waals surface area contributed by atoms with Gasteiger partial charge in [0, 0.05) is 5.02 Å². The van der Waals surface area contributed by atoms with Gasteiger partial charge in [-0.1, -0.05) is 30.7 Å². The summed E-state index contributed by atoms with van der Waals surface area (Å²) in [6.07, 6.45) is -0.0864. The molecule has 0 spiro atoms. The van der Waals surface area contributed by atoms with Gasteiger partial charge in [-0.2, -0.15) is 0 Å². The second kappa shape index (κ2) is 7.68. The van der Waals surface area contributed by atoms with Gasteiger partial charge < -0.3 is 5.11 Å². The summed E-state index contributed by atoms with van der Waals surface area (Å²) >= 11 is 6.06. The molecule has 26 heavy (non-hydrogen) atoms. The molecule has 1 unspecified atom stereocenters. The topological polar surface area (TPSA) is 83.5 Å². The van der Waals surface area contributed by atoms with Gasteiger partial charge in [-0.05, 0) is 67.1 Å². The van der Waals surface area contributed by atoms with Crippen LogP contribution in [-0.4, -0.2) is 19.5 Å². The summed E-state index contributed by atoms with van der Waals surface area (Å²) in [5, 5.41) is 9.55. The van der Waals surface area contributed by atoms with Gasteiger partial charge in [0.1, 0.15) is 0 Å². The number of anilines is 1.